The number of ether oxygens (including phenoxy) is 1. The molecule has 0 bridgehead atoms. The fraction of sp³-hybridized carbons (Fsp3) is 0.500. The minimum Gasteiger partial charge on any atom is -0.497 e. The van der Waals surface area contributed by atoms with E-state index in [9.17, 15) is 8.42 Å². The molecular weight excluding hydrogens is 252 g/mol. The van der Waals surface area contributed by atoms with E-state index in [0.29, 0.717) is 0 Å². The van der Waals surface area contributed by atoms with Crippen molar-refractivity contribution in [2.45, 2.75) is 25.1 Å². The summed E-state index contributed by atoms with van der Waals surface area (Å²) in [7, 11) is -1.58. The molecule has 0 aliphatic rings. The molecule has 5 nitrogen and oxygen atoms in total. The van der Waals surface area contributed by atoms with Crippen LogP contribution in [0.1, 0.15) is 24.1 Å². The number of sulfone groups is 1. The predicted octanol–water partition coefficient (Wildman–Crippen LogP) is 0.941. The van der Waals surface area contributed by atoms with Crippen molar-refractivity contribution in [3.8, 4) is 5.75 Å². The Morgan fingerprint density at radius 1 is 1.39 bits per heavy atom. The van der Waals surface area contributed by atoms with Gasteiger partial charge in [0.1, 0.15) is 5.75 Å². The van der Waals surface area contributed by atoms with E-state index in [0.717, 1.165) is 16.9 Å². The predicted molar refractivity (Wildman–Crippen MR) is 72.1 cm³/mol. The molecule has 1 aromatic carbocycles. The third kappa shape index (κ3) is 3.22. The standard InChI is InChI=1S/C12H20N2O3S/c1-8-7-10(17-3)5-6-11(8)12(14-13)9(2)18(4,15)16/h5-7,9,12,14H,13H2,1-4H3. The molecule has 1 aromatic rings. The van der Waals surface area contributed by atoms with E-state index in [1.807, 2.05) is 19.1 Å². The van der Waals surface area contributed by atoms with Gasteiger partial charge >= 0.3 is 0 Å². The average molecular weight is 272 g/mol. The van der Waals surface area contributed by atoms with Gasteiger partial charge in [0.05, 0.1) is 18.4 Å². The first-order valence-corrected chi connectivity index (χ1v) is 7.56. The highest BCUT2D eigenvalue weighted by atomic mass is 32.2. The van der Waals surface area contributed by atoms with E-state index in [2.05, 4.69) is 5.43 Å². The van der Waals surface area contributed by atoms with Gasteiger partial charge in [-0.1, -0.05) is 6.07 Å². The summed E-state index contributed by atoms with van der Waals surface area (Å²) in [5, 5.41) is -0.602. The normalized spacial score (nSPS) is 15.2. The lowest BCUT2D eigenvalue weighted by Crippen LogP contribution is -2.39. The lowest BCUT2D eigenvalue weighted by atomic mass is 9.99. The molecule has 6 heteroatoms. The van der Waals surface area contributed by atoms with E-state index >= 15 is 0 Å². The maximum absolute atomic E-state index is 11.6. The summed E-state index contributed by atoms with van der Waals surface area (Å²) in [6.45, 7) is 3.54. The van der Waals surface area contributed by atoms with Gasteiger partial charge in [0.2, 0.25) is 0 Å². The Labute approximate surface area is 108 Å². The molecule has 0 amide bonds. The molecule has 2 unspecified atom stereocenters. The van der Waals surface area contributed by atoms with Gasteiger partial charge in [-0.2, -0.15) is 0 Å². The van der Waals surface area contributed by atoms with Crippen LogP contribution in [0.5, 0.6) is 5.75 Å². The number of methoxy groups -OCH3 is 1. The molecule has 2 atom stereocenters. The number of rotatable bonds is 5. The third-order valence-electron chi connectivity index (χ3n) is 3.14. The molecule has 18 heavy (non-hydrogen) atoms. The quantitative estimate of drug-likeness (QED) is 0.616. The second-order valence-electron chi connectivity index (χ2n) is 4.40. The summed E-state index contributed by atoms with van der Waals surface area (Å²) in [6.07, 6.45) is 1.21. The highest BCUT2D eigenvalue weighted by Crippen LogP contribution is 2.26. The zero-order valence-electron chi connectivity index (χ0n) is 11.1. The van der Waals surface area contributed by atoms with Gasteiger partial charge in [0.25, 0.3) is 0 Å². The van der Waals surface area contributed by atoms with Gasteiger partial charge in [-0.05, 0) is 37.1 Å². The maximum Gasteiger partial charge on any atom is 0.151 e. The summed E-state index contributed by atoms with van der Waals surface area (Å²) in [6, 6.07) is 5.04. The maximum atomic E-state index is 11.6. The first-order chi connectivity index (χ1) is 8.31. The fourth-order valence-electron chi connectivity index (χ4n) is 1.85. The van der Waals surface area contributed by atoms with Gasteiger partial charge < -0.3 is 4.74 Å². The zero-order valence-corrected chi connectivity index (χ0v) is 11.9. The smallest absolute Gasteiger partial charge is 0.151 e. The molecule has 102 valence electrons. The highest BCUT2D eigenvalue weighted by Gasteiger charge is 2.27. The lowest BCUT2D eigenvalue weighted by Gasteiger charge is -2.24. The molecule has 0 saturated heterocycles. The number of hydrogen-bond donors (Lipinski definition) is 2. The van der Waals surface area contributed by atoms with Crippen molar-refractivity contribution >= 4 is 9.84 Å². The number of nitrogens with two attached hydrogens (primary N) is 1. The van der Waals surface area contributed by atoms with Gasteiger partial charge in [-0.15, -0.1) is 0 Å². The van der Waals surface area contributed by atoms with Crippen molar-refractivity contribution in [3.63, 3.8) is 0 Å². The summed E-state index contributed by atoms with van der Waals surface area (Å²) in [5.74, 6) is 6.23. The second-order valence-corrected chi connectivity index (χ2v) is 6.80. The van der Waals surface area contributed by atoms with Gasteiger partial charge in [-0.25, -0.2) is 8.42 Å². The summed E-state index contributed by atoms with van der Waals surface area (Å²) < 4.78 is 28.4. The topological polar surface area (TPSA) is 81.4 Å². The molecule has 0 fully saturated rings. The van der Waals surface area contributed by atoms with Crippen molar-refractivity contribution < 1.29 is 13.2 Å². The molecule has 3 N–H and O–H groups in total. The molecule has 0 saturated carbocycles. The Bertz CT molecular complexity index is 514. The molecule has 0 radical (unpaired) electrons. The number of hydrogen-bond acceptors (Lipinski definition) is 5. The van der Waals surface area contributed by atoms with Gasteiger partial charge in [0, 0.05) is 6.26 Å². The molecule has 1 rings (SSSR count). The van der Waals surface area contributed by atoms with Crippen LogP contribution in [-0.4, -0.2) is 27.0 Å². The van der Waals surface area contributed by atoms with Crippen molar-refractivity contribution in [1.29, 1.82) is 0 Å². The van der Waals surface area contributed by atoms with E-state index in [1.54, 1.807) is 20.1 Å². The largest absolute Gasteiger partial charge is 0.497 e. The lowest BCUT2D eigenvalue weighted by molar-refractivity contribution is 0.413. The Morgan fingerprint density at radius 3 is 2.39 bits per heavy atom. The summed E-state index contributed by atoms with van der Waals surface area (Å²) in [5.41, 5.74) is 4.38. The van der Waals surface area contributed by atoms with E-state index in [1.165, 1.54) is 6.26 Å². The molecule has 0 spiro atoms. The van der Waals surface area contributed by atoms with Crippen molar-refractivity contribution in [2.75, 3.05) is 13.4 Å². The van der Waals surface area contributed by atoms with Crippen LogP contribution < -0.4 is 16.0 Å². The van der Waals surface area contributed by atoms with Crippen LogP contribution in [0, 0.1) is 6.92 Å². The first kappa shape index (κ1) is 14.9. The van der Waals surface area contributed by atoms with E-state index < -0.39 is 21.1 Å². The summed E-state index contributed by atoms with van der Waals surface area (Å²) >= 11 is 0. The number of nitrogens with one attached hydrogen (secondary N) is 1. The number of hydrazine groups is 1. The Morgan fingerprint density at radius 2 is 2.00 bits per heavy atom. The first-order valence-electron chi connectivity index (χ1n) is 5.60. The van der Waals surface area contributed by atoms with Gasteiger partial charge in [0.15, 0.2) is 9.84 Å². The van der Waals surface area contributed by atoms with E-state index in [4.69, 9.17) is 10.6 Å². The van der Waals surface area contributed by atoms with Crippen molar-refractivity contribution in [3.05, 3.63) is 29.3 Å². The fourth-order valence-corrected chi connectivity index (χ4v) is 2.57. The Hall–Kier alpha value is -1.11. The number of benzene rings is 1. The third-order valence-corrected chi connectivity index (χ3v) is 4.76. The second kappa shape index (κ2) is 5.69. The minimum atomic E-state index is -3.17. The molecular formula is C12H20N2O3S. The van der Waals surface area contributed by atoms with Gasteiger partial charge in [-0.3, -0.25) is 11.3 Å². The molecule has 0 heterocycles. The van der Waals surface area contributed by atoms with Crippen LogP contribution in [0.15, 0.2) is 18.2 Å². The van der Waals surface area contributed by atoms with Crippen LogP contribution in [-0.2, 0) is 9.84 Å². The average Bonchev–Trinajstić information content (AvgIpc) is 2.30. The van der Waals surface area contributed by atoms with Crippen LogP contribution >= 0.6 is 0 Å². The molecule has 0 aliphatic carbocycles. The molecule has 0 aliphatic heterocycles. The van der Waals surface area contributed by atoms with Crippen LogP contribution in [0.4, 0.5) is 0 Å². The Balaban J connectivity index is 3.18. The Kier molecular flexibility index (Phi) is 4.72. The van der Waals surface area contributed by atoms with E-state index in [-0.39, 0.29) is 0 Å². The SMILES string of the molecule is COc1ccc(C(NN)C(C)S(C)(=O)=O)c(C)c1. The minimum absolute atomic E-state index is 0.439. The molecule has 0 aromatic heterocycles. The van der Waals surface area contributed by atoms with Crippen molar-refractivity contribution in [2.24, 2.45) is 5.84 Å². The van der Waals surface area contributed by atoms with Crippen molar-refractivity contribution in [1.82, 2.24) is 5.43 Å². The number of aryl methyl sites for hydroxylation is 1. The van der Waals surface area contributed by atoms with Crippen LogP contribution in [0.3, 0.4) is 0 Å². The monoisotopic (exact) mass is 272 g/mol. The van der Waals surface area contributed by atoms with Crippen LogP contribution in [0.2, 0.25) is 0 Å². The van der Waals surface area contributed by atoms with Crippen LogP contribution in [0.25, 0.3) is 0 Å². The summed E-state index contributed by atoms with van der Waals surface area (Å²) in [4.78, 5) is 0. The highest BCUT2D eigenvalue weighted by molar-refractivity contribution is 7.91. The zero-order chi connectivity index (χ0) is 13.9.